The summed E-state index contributed by atoms with van der Waals surface area (Å²) in [5, 5.41) is 0. The molecule has 2 aliphatic rings. The van der Waals surface area contributed by atoms with E-state index in [4.69, 9.17) is 5.73 Å². The van der Waals surface area contributed by atoms with Gasteiger partial charge in [-0.2, -0.15) is 0 Å². The number of hydrogen-bond acceptors (Lipinski definition) is 2. The van der Waals surface area contributed by atoms with Gasteiger partial charge in [0.15, 0.2) is 0 Å². The van der Waals surface area contributed by atoms with Gasteiger partial charge in [-0.15, -0.1) is 0 Å². The number of likely N-dealkylation sites (tertiary alicyclic amines) is 1. The van der Waals surface area contributed by atoms with Crippen LogP contribution in [0.25, 0.3) is 0 Å². The van der Waals surface area contributed by atoms with E-state index >= 15 is 0 Å². The van der Waals surface area contributed by atoms with Crippen LogP contribution in [0.3, 0.4) is 0 Å². The van der Waals surface area contributed by atoms with Crippen molar-refractivity contribution in [3.05, 3.63) is 0 Å². The summed E-state index contributed by atoms with van der Waals surface area (Å²) >= 11 is 0. The monoisotopic (exact) mass is 168 g/mol. The van der Waals surface area contributed by atoms with Crippen molar-refractivity contribution in [1.29, 1.82) is 0 Å². The van der Waals surface area contributed by atoms with Crippen LogP contribution in [0.15, 0.2) is 0 Å². The standard InChI is InChI=1S/C10H20N2/c1-8-7-9(11)3-6-12(8)10(2)4-5-10/h8-9H,3-7,11H2,1-2H3. The van der Waals surface area contributed by atoms with Gasteiger partial charge >= 0.3 is 0 Å². The first-order valence-electron chi connectivity index (χ1n) is 5.14. The molecule has 2 atom stereocenters. The molecule has 0 aromatic rings. The fraction of sp³-hybridized carbons (Fsp3) is 1.00. The van der Waals surface area contributed by atoms with E-state index in [9.17, 15) is 0 Å². The van der Waals surface area contributed by atoms with Crippen LogP contribution in [-0.4, -0.2) is 29.1 Å². The van der Waals surface area contributed by atoms with Crippen LogP contribution >= 0.6 is 0 Å². The molecule has 12 heavy (non-hydrogen) atoms. The van der Waals surface area contributed by atoms with Gasteiger partial charge in [-0.05, 0) is 39.5 Å². The minimum atomic E-state index is 0.457. The van der Waals surface area contributed by atoms with Crippen LogP contribution in [0, 0.1) is 0 Å². The highest BCUT2D eigenvalue weighted by Gasteiger charge is 2.46. The SMILES string of the molecule is CC1CC(N)CCN1C1(C)CC1. The first-order chi connectivity index (χ1) is 5.62. The molecule has 0 radical (unpaired) electrons. The summed E-state index contributed by atoms with van der Waals surface area (Å²) in [6.45, 7) is 5.93. The molecule has 1 aliphatic heterocycles. The normalized spacial score (nSPS) is 41.2. The summed E-state index contributed by atoms with van der Waals surface area (Å²) in [4.78, 5) is 2.66. The van der Waals surface area contributed by atoms with Gasteiger partial charge in [0.1, 0.15) is 0 Å². The van der Waals surface area contributed by atoms with Crippen LogP contribution in [0.1, 0.15) is 39.5 Å². The van der Waals surface area contributed by atoms with E-state index in [0.29, 0.717) is 17.6 Å². The summed E-state index contributed by atoms with van der Waals surface area (Å²) in [5.41, 5.74) is 6.48. The van der Waals surface area contributed by atoms with Crippen molar-refractivity contribution in [2.75, 3.05) is 6.54 Å². The second-order valence-electron chi connectivity index (χ2n) is 4.82. The molecule has 2 N–H and O–H groups in total. The van der Waals surface area contributed by atoms with Gasteiger partial charge in [-0.1, -0.05) is 0 Å². The summed E-state index contributed by atoms with van der Waals surface area (Å²) in [5.74, 6) is 0. The van der Waals surface area contributed by atoms with Gasteiger partial charge in [-0.3, -0.25) is 4.90 Å². The van der Waals surface area contributed by atoms with Crippen molar-refractivity contribution in [2.45, 2.75) is 57.2 Å². The molecule has 0 aromatic heterocycles. The first kappa shape index (κ1) is 8.52. The van der Waals surface area contributed by atoms with Crippen LogP contribution in [0.5, 0.6) is 0 Å². The lowest BCUT2D eigenvalue weighted by molar-refractivity contribution is 0.0909. The molecule has 1 aliphatic carbocycles. The van der Waals surface area contributed by atoms with E-state index in [-0.39, 0.29) is 0 Å². The molecule has 0 bridgehead atoms. The van der Waals surface area contributed by atoms with Crippen LogP contribution < -0.4 is 5.73 Å². The number of nitrogens with zero attached hydrogens (tertiary/aromatic N) is 1. The topological polar surface area (TPSA) is 29.3 Å². The lowest BCUT2D eigenvalue weighted by atomic mass is 9.97. The maximum Gasteiger partial charge on any atom is 0.0185 e. The molecule has 1 saturated carbocycles. The fourth-order valence-electron chi connectivity index (χ4n) is 2.48. The Morgan fingerprint density at radius 1 is 1.42 bits per heavy atom. The predicted octanol–water partition coefficient (Wildman–Crippen LogP) is 1.35. The second-order valence-corrected chi connectivity index (χ2v) is 4.82. The highest BCUT2D eigenvalue weighted by molar-refractivity contribution is 5.03. The van der Waals surface area contributed by atoms with Crippen LogP contribution in [-0.2, 0) is 0 Å². The number of rotatable bonds is 1. The second kappa shape index (κ2) is 2.71. The Morgan fingerprint density at radius 2 is 2.08 bits per heavy atom. The van der Waals surface area contributed by atoms with Crippen molar-refractivity contribution >= 4 is 0 Å². The molecule has 2 heteroatoms. The minimum Gasteiger partial charge on any atom is -0.328 e. The van der Waals surface area contributed by atoms with Crippen molar-refractivity contribution in [1.82, 2.24) is 4.90 Å². The molecule has 0 aromatic carbocycles. The number of hydrogen-bond donors (Lipinski definition) is 1. The molecule has 1 heterocycles. The summed E-state index contributed by atoms with van der Waals surface area (Å²) in [6.07, 6.45) is 5.18. The average molecular weight is 168 g/mol. The Hall–Kier alpha value is -0.0800. The molecule has 0 amide bonds. The van der Waals surface area contributed by atoms with Gasteiger partial charge in [0.25, 0.3) is 0 Å². The molecule has 2 nitrogen and oxygen atoms in total. The fourth-order valence-corrected chi connectivity index (χ4v) is 2.48. The molecule has 1 saturated heterocycles. The average Bonchev–Trinajstić information content (AvgIpc) is 2.68. The third-order valence-corrected chi connectivity index (χ3v) is 3.58. The van der Waals surface area contributed by atoms with E-state index in [1.165, 1.54) is 32.2 Å². The summed E-state index contributed by atoms with van der Waals surface area (Å²) in [6, 6.07) is 1.17. The van der Waals surface area contributed by atoms with Crippen molar-refractivity contribution in [2.24, 2.45) is 5.73 Å². The zero-order valence-corrected chi connectivity index (χ0v) is 8.21. The molecular weight excluding hydrogens is 148 g/mol. The van der Waals surface area contributed by atoms with Gasteiger partial charge in [0, 0.05) is 24.2 Å². The van der Waals surface area contributed by atoms with Crippen molar-refractivity contribution in [3.8, 4) is 0 Å². The van der Waals surface area contributed by atoms with Crippen molar-refractivity contribution < 1.29 is 0 Å². The number of piperidine rings is 1. The lowest BCUT2D eigenvalue weighted by Crippen LogP contribution is -2.50. The Kier molecular flexibility index (Phi) is 1.92. The van der Waals surface area contributed by atoms with Crippen molar-refractivity contribution in [3.63, 3.8) is 0 Å². The largest absolute Gasteiger partial charge is 0.328 e. The third kappa shape index (κ3) is 1.38. The zero-order chi connectivity index (χ0) is 8.77. The molecule has 0 spiro atoms. The van der Waals surface area contributed by atoms with E-state index in [2.05, 4.69) is 18.7 Å². The highest BCUT2D eigenvalue weighted by Crippen LogP contribution is 2.43. The van der Waals surface area contributed by atoms with E-state index in [1.807, 2.05) is 0 Å². The van der Waals surface area contributed by atoms with Crippen LogP contribution in [0.4, 0.5) is 0 Å². The van der Waals surface area contributed by atoms with Gasteiger partial charge < -0.3 is 5.73 Å². The Bertz CT molecular complexity index is 175. The maximum atomic E-state index is 5.92. The minimum absolute atomic E-state index is 0.457. The Balaban J connectivity index is 1.98. The molecular formula is C10H20N2. The molecule has 2 fully saturated rings. The van der Waals surface area contributed by atoms with E-state index in [1.54, 1.807) is 0 Å². The predicted molar refractivity (Wildman–Crippen MR) is 51.0 cm³/mol. The van der Waals surface area contributed by atoms with Crippen LogP contribution in [0.2, 0.25) is 0 Å². The number of nitrogens with two attached hydrogens (primary N) is 1. The van der Waals surface area contributed by atoms with E-state index < -0.39 is 0 Å². The third-order valence-electron chi connectivity index (χ3n) is 3.58. The first-order valence-corrected chi connectivity index (χ1v) is 5.14. The quantitative estimate of drug-likeness (QED) is 0.640. The molecule has 2 rings (SSSR count). The summed E-state index contributed by atoms with van der Waals surface area (Å²) in [7, 11) is 0. The van der Waals surface area contributed by atoms with Gasteiger partial charge in [0.2, 0.25) is 0 Å². The van der Waals surface area contributed by atoms with Gasteiger partial charge in [0.05, 0.1) is 0 Å². The lowest BCUT2D eigenvalue weighted by Gasteiger charge is -2.40. The van der Waals surface area contributed by atoms with Gasteiger partial charge in [-0.25, -0.2) is 0 Å². The molecule has 70 valence electrons. The smallest absolute Gasteiger partial charge is 0.0185 e. The Morgan fingerprint density at radius 3 is 2.58 bits per heavy atom. The summed E-state index contributed by atoms with van der Waals surface area (Å²) < 4.78 is 0. The Labute approximate surface area is 75.1 Å². The zero-order valence-electron chi connectivity index (χ0n) is 8.21. The maximum absolute atomic E-state index is 5.92. The van der Waals surface area contributed by atoms with E-state index in [0.717, 1.165) is 0 Å². The molecule has 2 unspecified atom stereocenters. The highest BCUT2D eigenvalue weighted by atomic mass is 15.3.